The molecule has 0 aromatic rings. The molecule has 0 amide bonds. The molecule has 0 bridgehead atoms. The maximum absolute atomic E-state index is 9.81. The first-order valence-electron chi connectivity index (χ1n) is 4.13. The van der Waals surface area contributed by atoms with Crippen molar-refractivity contribution in [2.75, 3.05) is 13.7 Å². The van der Waals surface area contributed by atoms with E-state index in [1.54, 1.807) is 7.11 Å². The van der Waals surface area contributed by atoms with Crippen molar-refractivity contribution in [1.29, 1.82) is 0 Å². The largest absolute Gasteiger partial charge is 0.387 e. The van der Waals surface area contributed by atoms with E-state index in [2.05, 4.69) is 0 Å². The average Bonchev–Trinajstić information content (AvgIpc) is 1.97. The van der Waals surface area contributed by atoms with Crippen LogP contribution in [-0.4, -0.2) is 30.5 Å². The number of hydrogen-bond acceptors (Lipinski definition) is 3. The predicted octanol–water partition coefficient (Wildman–Crippen LogP) is 0.687. The molecule has 0 aromatic heterocycles. The Morgan fingerprint density at radius 1 is 1.50 bits per heavy atom. The van der Waals surface area contributed by atoms with Gasteiger partial charge in [-0.3, -0.25) is 0 Å². The second-order valence-corrected chi connectivity index (χ2v) is 3.49. The van der Waals surface area contributed by atoms with E-state index in [1.165, 1.54) is 0 Å². The van der Waals surface area contributed by atoms with Gasteiger partial charge >= 0.3 is 0 Å². The lowest BCUT2D eigenvalue weighted by atomic mass is 9.83. The van der Waals surface area contributed by atoms with E-state index in [1.807, 2.05) is 0 Å². The molecule has 0 heterocycles. The van der Waals surface area contributed by atoms with Gasteiger partial charge in [-0.25, -0.2) is 0 Å². The number of halogens is 1. The van der Waals surface area contributed by atoms with Crippen LogP contribution in [0, 0.1) is 0 Å². The molecule has 0 aromatic carbocycles. The van der Waals surface area contributed by atoms with Crippen LogP contribution in [0.1, 0.15) is 25.7 Å². The van der Waals surface area contributed by atoms with E-state index in [0.717, 1.165) is 25.7 Å². The minimum Gasteiger partial charge on any atom is -0.387 e. The molecule has 0 saturated heterocycles. The topological polar surface area (TPSA) is 55.5 Å². The third kappa shape index (κ3) is 3.27. The van der Waals surface area contributed by atoms with Crippen molar-refractivity contribution in [2.24, 2.45) is 5.73 Å². The van der Waals surface area contributed by atoms with Crippen LogP contribution in [0.4, 0.5) is 0 Å². The Labute approximate surface area is 79.7 Å². The van der Waals surface area contributed by atoms with Crippen molar-refractivity contribution in [3.63, 3.8) is 0 Å². The number of hydrogen-bond donors (Lipinski definition) is 2. The minimum atomic E-state index is -0.593. The van der Waals surface area contributed by atoms with Crippen molar-refractivity contribution < 1.29 is 9.84 Å². The first-order chi connectivity index (χ1) is 5.16. The van der Waals surface area contributed by atoms with Crippen LogP contribution in [0.5, 0.6) is 0 Å². The van der Waals surface area contributed by atoms with Crippen LogP contribution in [0.2, 0.25) is 0 Å². The van der Waals surface area contributed by atoms with Gasteiger partial charge in [-0.05, 0) is 25.7 Å². The lowest BCUT2D eigenvalue weighted by Gasteiger charge is -2.33. The zero-order valence-corrected chi connectivity index (χ0v) is 8.27. The van der Waals surface area contributed by atoms with E-state index in [-0.39, 0.29) is 18.4 Å². The zero-order valence-electron chi connectivity index (χ0n) is 7.45. The summed E-state index contributed by atoms with van der Waals surface area (Å²) in [5, 5.41) is 9.81. The Hall–Kier alpha value is 0.170. The van der Waals surface area contributed by atoms with Gasteiger partial charge in [0, 0.05) is 13.2 Å². The number of nitrogens with two attached hydrogens (primary N) is 1. The second kappa shape index (κ2) is 5.02. The Kier molecular flexibility index (Phi) is 5.09. The highest BCUT2D eigenvalue weighted by Gasteiger charge is 2.31. The summed E-state index contributed by atoms with van der Waals surface area (Å²) in [6.07, 6.45) is 3.39. The third-order valence-electron chi connectivity index (χ3n) is 2.37. The Morgan fingerprint density at radius 3 is 2.42 bits per heavy atom. The van der Waals surface area contributed by atoms with Crippen molar-refractivity contribution in [2.45, 2.75) is 37.3 Å². The van der Waals surface area contributed by atoms with Gasteiger partial charge in [-0.1, -0.05) is 0 Å². The highest BCUT2D eigenvalue weighted by molar-refractivity contribution is 5.85. The fourth-order valence-corrected chi connectivity index (χ4v) is 1.59. The highest BCUT2D eigenvalue weighted by atomic mass is 35.5. The van der Waals surface area contributed by atoms with Crippen molar-refractivity contribution in [1.82, 2.24) is 0 Å². The minimum absolute atomic E-state index is 0. The standard InChI is InChI=1S/C8H17NO2.ClH/c1-11-6-8(10)4-2-7(9)3-5-8;/h7,10H,2-6,9H2,1H3;1H/t7-,8-;. The molecule has 4 heteroatoms. The Morgan fingerprint density at radius 2 is 2.00 bits per heavy atom. The van der Waals surface area contributed by atoms with E-state index in [4.69, 9.17) is 10.5 Å². The quantitative estimate of drug-likeness (QED) is 0.682. The first kappa shape index (κ1) is 12.2. The van der Waals surface area contributed by atoms with Crippen molar-refractivity contribution >= 4 is 12.4 Å². The smallest absolute Gasteiger partial charge is 0.0881 e. The molecule has 1 saturated carbocycles. The van der Waals surface area contributed by atoms with Gasteiger partial charge in [0.05, 0.1) is 12.2 Å². The van der Waals surface area contributed by atoms with E-state index in [9.17, 15) is 5.11 Å². The summed E-state index contributed by atoms with van der Waals surface area (Å²) < 4.78 is 4.93. The molecule has 1 aliphatic rings. The molecule has 1 fully saturated rings. The molecule has 1 aliphatic carbocycles. The monoisotopic (exact) mass is 195 g/mol. The third-order valence-corrected chi connectivity index (χ3v) is 2.37. The fraction of sp³-hybridized carbons (Fsp3) is 1.00. The molecule has 0 radical (unpaired) electrons. The number of methoxy groups -OCH3 is 1. The van der Waals surface area contributed by atoms with Gasteiger partial charge in [-0.15, -0.1) is 12.4 Å². The molecule has 3 nitrogen and oxygen atoms in total. The molecule has 74 valence electrons. The maximum atomic E-state index is 9.81. The van der Waals surface area contributed by atoms with E-state index < -0.39 is 5.60 Å². The number of ether oxygens (including phenoxy) is 1. The number of aliphatic hydroxyl groups is 1. The summed E-state index contributed by atoms with van der Waals surface area (Å²) in [6, 6.07) is 0.284. The van der Waals surface area contributed by atoms with Gasteiger partial charge in [0.1, 0.15) is 0 Å². The van der Waals surface area contributed by atoms with Gasteiger partial charge in [-0.2, -0.15) is 0 Å². The first-order valence-corrected chi connectivity index (χ1v) is 4.13. The van der Waals surface area contributed by atoms with Crippen LogP contribution in [0.15, 0.2) is 0 Å². The summed E-state index contributed by atoms with van der Waals surface area (Å²) in [6.45, 7) is 0.444. The summed E-state index contributed by atoms with van der Waals surface area (Å²) in [5.74, 6) is 0. The van der Waals surface area contributed by atoms with Gasteiger partial charge in [0.15, 0.2) is 0 Å². The molecule has 0 unspecified atom stereocenters. The summed E-state index contributed by atoms with van der Waals surface area (Å²) in [4.78, 5) is 0. The summed E-state index contributed by atoms with van der Waals surface area (Å²) >= 11 is 0. The lowest BCUT2D eigenvalue weighted by molar-refractivity contribution is -0.0583. The van der Waals surface area contributed by atoms with Crippen LogP contribution in [0.3, 0.4) is 0 Å². The van der Waals surface area contributed by atoms with E-state index >= 15 is 0 Å². The molecular weight excluding hydrogens is 178 g/mol. The molecule has 1 rings (SSSR count). The van der Waals surface area contributed by atoms with Gasteiger partial charge < -0.3 is 15.6 Å². The Balaban J connectivity index is 0.00000121. The van der Waals surface area contributed by atoms with Crippen LogP contribution in [-0.2, 0) is 4.74 Å². The molecule has 0 atom stereocenters. The molecule has 3 N–H and O–H groups in total. The Bertz CT molecular complexity index is 124. The highest BCUT2D eigenvalue weighted by Crippen LogP contribution is 2.27. The molecule has 12 heavy (non-hydrogen) atoms. The average molecular weight is 196 g/mol. The summed E-state index contributed by atoms with van der Waals surface area (Å²) in [7, 11) is 1.62. The van der Waals surface area contributed by atoms with Gasteiger partial charge in [0.2, 0.25) is 0 Å². The molecular formula is C8H18ClNO2. The fourth-order valence-electron chi connectivity index (χ4n) is 1.59. The normalized spacial score (nSPS) is 35.8. The predicted molar refractivity (Wildman–Crippen MR) is 50.5 cm³/mol. The van der Waals surface area contributed by atoms with Crippen LogP contribution < -0.4 is 5.73 Å². The van der Waals surface area contributed by atoms with Gasteiger partial charge in [0.25, 0.3) is 0 Å². The summed E-state index contributed by atoms with van der Waals surface area (Å²) in [5.41, 5.74) is 5.11. The van der Waals surface area contributed by atoms with Crippen molar-refractivity contribution in [3.05, 3.63) is 0 Å². The lowest BCUT2D eigenvalue weighted by Crippen LogP contribution is -2.41. The maximum Gasteiger partial charge on any atom is 0.0881 e. The van der Waals surface area contributed by atoms with Crippen LogP contribution >= 0.6 is 12.4 Å². The number of rotatable bonds is 2. The van der Waals surface area contributed by atoms with Crippen LogP contribution in [0.25, 0.3) is 0 Å². The molecule has 0 spiro atoms. The van der Waals surface area contributed by atoms with E-state index in [0.29, 0.717) is 6.61 Å². The second-order valence-electron chi connectivity index (χ2n) is 3.49. The zero-order chi connectivity index (χ0) is 8.32. The SMILES string of the molecule is COC[C@]1(O)CC[C@H](N)CC1.Cl. The van der Waals surface area contributed by atoms with Crippen molar-refractivity contribution in [3.8, 4) is 0 Å². The molecule has 0 aliphatic heterocycles.